The molecule has 0 bridgehead atoms. The molecule has 0 fully saturated rings. The standard InChI is InChI=1S/C11H19ClO4/c1-11(2,3)16-10(15)8(7-12)5-4-6-9(13)14/h8H,4-7H2,1-3H3,(H,13,14). The number of esters is 1. The molecule has 0 amide bonds. The van der Waals surface area contributed by atoms with Crippen LogP contribution in [0.15, 0.2) is 0 Å². The lowest BCUT2D eigenvalue weighted by Crippen LogP contribution is -2.29. The predicted octanol–water partition coefficient (Wildman–Crippen LogP) is 2.44. The molecule has 4 nitrogen and oxygen atoms in total. The average Bonchev–Trinajstić information content (AvgIpc) is 2.08. The van der Waals surface area contributed by atoms with Gasteiger partial charge in [0, 0.05) is 12.3 Å². The average molecular weight is 251 g/mol. The molecule has 0 aromatic heterocycles. The van der Waals surface area contributed by atoms with E-state index in [2.05, 4.69) is 0 Å². The number of carbonyl (C=O) groups is 2. The molecule has 0 radical (unpaired) electrons. The second-order valence-corrected chi connectivity index (χ2v) is 4.98. The van der Waals surface area contributed by atoms with Gasteiger partial charge in [-0.2, -0.15) is 0 Å². The first-order valence-electron chi connectivity index (χ1n) is 5.27. The summed E-state index contributed by atoms with van der Waals surface area (Å²) in [6.45, 7) is 5.36. The second-order valence-electron chi connectivity index (χ2n) is 4.67. The minimum atomic E-state index is -0.863. The number of aliphatic carboxylic acids is 1. The van der Waals surface area contributed by atoms with E-state index in [4.69, 9.17) is 21.4 Å². The van der Waals surface area contributed by atoms with E-state index in [1.54, 1.807) is 20.8 Å². The van der Waals surface area contributed by atoms with Crippen LogP contribution in [0.1, 0.15) is 40.0 Å². The van der Waals surface area contributed by atoms with Crippen LogP contribution < -0.4 is 0 Å². The summed E-state index contributed by atoms with van der Waals surface area (Å²) < 4.78 is 5.18. The van der Waals surface area contributed by atoms with Crippen molar-refractivity contribution in [2.24, 2.45) is 5.92 Å². The van der Waals surface area contributed by atoms with Crippen LogP contribution in [0.4, 0.5) is 0 Å². The van der Waals surface area contributed by atoms with E-state index in [1.807, 2.05) is 0 Å². The highest BCUT2D eigenvalue weighted by Crippen LogP contribution is 2.17. The van der Waals surface area contributed by atoms with Gasteiger partial charge in [-0.05, 0) is 33.6 Å². The van der Waals surface area contributed by atoms with Gasteiger partial charge in [-0.1, -0.05) is 0 Å². The van der Waals surface area contributed by atoms with Gasteiger partial charge in [0.25, 0.3) is 0 Å². The van der Waals surface area contributed by atoms with E-state index >= 15 is 0 Å². The third-order valence-corrected chi connectivity index (χ3v) is 2.24. The maximum atomic E-state index is 11.6. The highest BCUT2D eigenvalue weighted by atomic mass is 35.5. The molecule has 1 N–H and O–H groups in total. The Morgan fingerprint density at radius 2 is 1.94 bits per heavy atom. The summed E-state index contributed by atoms with van der Waals surface area (Å²) in [5.74, 6) is -1.47. The third kappa shape index (κ3) is 7.51. The van der Waals surface area contributed by atoms with Crippen molar-refractivity contribution in [3.63, 3.8) is 0 Å². The van der Waals surface area contributed by atoms with Crippen molar-refractivity contribution in [3.8, 4) is 0 Å². The Morgan fingerprint density at radius 1 is 1.38 bits per heavy atom. The molecule has 0 aliphatic carbocycles. The number of ether oxygens (including phenoxy) is 1. The molecule has 5 heteroatoms. The van der Waals surface area contributed by atoms with Crippen molar-refractivity contribution >= 4 is 23.5 Å². The first kappa shape index (κ1) is 15.2. The number of carbonyl (C=O) groups excluding carboxylic acids is 1. The summed E-state index contributed by atoms with van der Waals surface area (Å²) in [7, 11) is 0. The zero-order valence-corrected chi connectivity index (χ0v) is 10.7. The predicted molar refractivity (Wildman–Crippen MR) is 61.5 cm³/mol. The summed E-state index contributed by atoms with van der Waals surface area (Å²) in [6.07, 6.45) is 0.937. The van der Waals surface area contributed by atoms with E-state index in [0.29, 0.717) is 12.8 Å². The lowest BCUT2D eigenvalue weighted by molar-refractivity contribution is -0.159. The van der Waals surface area contributed by atoms with Crippen LogP contribution in [0.3, 0.4) is 0 Å². The Bertz CT molecular complexity index is 245. The van der Waals surface area contributed by atoms with Crippen LogP contribution in [0.5, 0.6) is 0 Å². The van der Waals surface area contributed by atoms with Crippen LogP contribution in [0.25, 0.3) is 0 Å². The number of rotatable bonds is 6. The summed E-state index contributed by atoms with van der Waals surface area (Å²) in [5.41, 5.74) is -0.534. The molecule has 0 spiro atoms. The number of hydrogen-bond acceptors (Lipinski definition) is 3. The van der Waals surface area contributed by atoms with Gasteiger partial charge in [0.15, 0.2) is 0 Å². The molecule has 0 aliphatic heterocycles. The largest absolute Gasteiger partial charge is 0.481 e. The minimum absolute atomic E-state index is 0.0518. The van der Waals surface area contributed by atoms with Crippen molar-refractivity contribution in [1.82, 2.24) is 0 Å². The van der Waals surface area contributed by atoms with Gasteiger partial charge in [0.2, 0.25) is 0 Å². The van der Waals surface area contributed by atoms with Crippen molar-refractivity contribution in [3.05, 3.63) is 0 Å². The summed E-state index contributed by atoms with van der Waals surface area (Å²) in [4.78, 5) is 21.9. The number of hydrogen-bond donors (Lipinski definition) is 1. The zero-order chi connectivity index (χ0) is 12.8. The first-order valence-corrected chi connectivity index (χ1v) is 5.80. The second kappa shape index (κ2) is 6.74. The van der Waals surface area contributed by atoms with E-state index in [-0.39, 0.29) is 18.3 Å². The van der Waals surface area contributed by atoms with Crippen molar-refractivity contribution < 1.29 is 19.4 Å². The van der Waals surface area contributed by atoms with E-state index in [1.165, 1.54) is 0 Å². The molecular weight excluding hydrogens is 232 g/mol. The van der Waals surface area contributed by atoms with Crippen molar-refractivity contribution in [2.45, 2.75) is 45.6 Å². The number of carboxylic acid groups (broad SMARTS) is 1. The van der Waals surface area contributed by atoms with Gasteiger partial charge in [-0.15, -0.1) is 11.6 Å². The Balaban J connectivity index is 4.07. The number of alkyl halides is 1. The molecule has 0 heterocycles. The van der Waals surface area contributed by atoms with Crippen LogP contribution in [0, 0.1) is 5.92 Å². The van der Waals surface area contributed by atoms with Crippen LogP contribution >= 0.6 is 11.6 Å². The summed E-state index contributed by atoms with van der Waals surface area (Å²) in [5, 5.41) is 8.47. The van der Waals surface area contributed by atoms with E-state index in [0.717, 1.165) is 0 Å². The van der Waals surface area contributed by atoms with Gasteiger partial charge in [0.1, 0.15) is 5.60 Å². The number of halogens is 1. The fourth-order valence-electron chi connectivity index (χ4n) is 1.14. The van der Waals surface area contributed by atoms with Gasteiger partial charge in [-0.3, -0.25) is 9.59 Å². The molecule has 1 atom stereocenters. The number of carboxylic acids is 1. The lowest BCUT2D eigenvalue weighted by atomic mass is 10.0. The third-order valence-electron chi connectivity index (χ3n) is 1.87. The molecule has 0 rings (SSSR count). The Morgan fingerprint density at radius 3 is 2.31 bits per heavy atom. The summed E-state index contributed by atoms with van der Waals surface area (Å²) in [6, 6.07) is 0. The highest BCUT2D eigenvalue weighted by Gasteiger charge is 2.24. The fraction of sp³-hybridized carbons (Fsp3) is 0.818. The molecule has 94 valence electrons. The van der Waals surface area contributed by atoms with Gasteiger partial charge < -0.3 is 9.84 Å². The monoisotopic (exact) mass is 250 g/mol. The topological polar surface area (TPSA) is 63.6 Å². The Labute approximate surface area is 101 Å². The molecule has 0 aliphatic rings. The quantitative estimate of drug-likeness (QED) is 0.581. The molecule has 16 heavy (non-hydrogen) atoms. The maximum absolute atomic E-state index is 11.6. The van der Waals surface area contributed by atoms with Gasteiger partial charge in [0.05, 0.1) is 5.92 Å². The minimum Gasteiger partial charge on any atom is -0.481 e. The van der Waals surface area contributed by atoms with E-state index in [9.17, 15) is 9.59 Å². The smallest absolute Gasteiger partial charge is 0.310 e. The summed E-state index contributed by atoms with van der Waals surface area (Å²) >= 11 is 5.66. The van der Waals surface area contributed by atoms with Crippen LogP contribution in [0.2, 0.25) is 0 Å². The Hall–Kier alpha value is -0.770. The highest BCUT2D eigenvalue weighted by molar-refractivity contribution is 6.19. The normalized spacial score (nSPS) is 13.2. The van der Waals surface area contributed by atoms with Crippen LogP contribution in [-0.4, -0.2) is 28.5 Å². The molecule has 0 saturated carbocycles. The zero-order valence-electron chi connectivity index (χ0n) is 9.96. The fourth-order valence-corrected chi connectivity index (χ4v) is 1.42. The lowest BCUT2D eigenvalue weighted by Gasteiger charge is -2.22. The Kier molecular flexibility index (Phi) is 6.41. The van der Waals surface area contributed by atoms with Gasteiger partial charge in [-0.25, -0.2) is 0 Å². The van der Waals surface area contributed by atoms with Crippen molar-refractivity contribution in [2.75, 3.05) is 5.88 Å². The molecule has 1 unspecified atom stereocenters. The van der Waals surface area contributed by atoms with Crippen LogP contribution in [-0.2, 0) is 14.3 Å². The SMILES string of the molecule is CC(C)(C)OC(=O)C(CCl)CCCC(=O)O. The van der Waals surface area contributed by atoms with E-state index < -0.39 is 17.5 Å². The molecule has 0 saturated heterocycles. The van der Waals surface area contributed by atoms with Gasteiger partial charge >= 0.3 is 11.9 Å². The van der Waals surface area contributed by atoms with Crippen molar-refractivity contribution in [1.29, 1.82) is 0 Å². The first-order chi connectivity index (χ1) is 7.26. The molecule has 0 aromatic carbocycles. The maximum Gasteiger partial charge on any atom is 0.310 e. The molecular formula is C11H19ClO4. The molecule has 0 aromatic rings.